The SMILES string of the molecule is C=CCNC(=O)COc1ccc2c(c1)C(c1ccc(C)cc1)N(C(=O)CC)CC2. The molecule has 1 aliphatic heterocycles. The highest BCUT2D eigenvalue weighted by atomic mass is 16.5. The van der Waals surface area contributed by atoms with Crippen LogP contribution < -0.4 is 10.1 Å². The largest absolute Gasteiger partial charge is 0.484 e. The van der Waals surface area contributed by atoms with Gasteiger partial charge in [0.15, 0.2) is 6.61 Å². The molecule has 152 valence electrons. The van der Waals surface area contributed by atoms with E-state index >= 15 is 0 Å². The zero-order chi connectivity index (χ0) is 20.8. The number of nitrogens with one attached hydrogen (secondary N) is 1. The van der Waals surface area contributed by atoms with E-state index in [1.54, 1.807) is 6.08 Å². The standard InChI is InChI=1S/C24H28N2O3/c1-4-13-25-22(27)16-29-20-11-10-18-12-14-26(23(28)5-2)24(21(18)15-20)19-8-6-17(3)7-9-19/h4,6-11,15,24H,1,5,12-14,16H2,2-3H3,(H,25,27). The highest BCUT2D eigenvalue weighted by molar-refractivity contribution is 5.78. The highest BCUT2D eigenvalue weighted by Crippen LogP contribution is 2.37. The molecule has 0 fully saturated rings. The van der Waals surface area contributed by atoms with Crippen LogP contribution in [0.15, 0.2) is 55.1 Å². The van der Waals surface area contributed by atoms with Gasteiger partial charge in [-0.25, -0.2) is 0 Å². The average molecular weight is 392 g/mol. The Bertz CT molecular complexity index is 889. The molecule has 2 aromatic carbocycles. The molecule has 0 saturated carbocycles. The van der Waals surface area contributed by atoms with E-state index in [9.17, 15) is 9.59 Å². The van der Waals surface area contributed by atoms with Crippen LogP contribution in [-0.2, 0) is 16.0 Å². The van der Waals surface area contributed by atoms with E-state index in [0.29, 0.717) is 25.3 Å². The second-order valence-corrected chi connectivity index (χ2v) is 7.25. The van der Waals surface area contributed by atoms with Crippen LogP contribution in [-0.4, -0.2) is 36.4 Å². The lowest BCUT2D eigenvalue weighted by molar-refractivity contribution is -0.133. The van der Waals surface area contributed by atoms with Crippen molar-refractivity contribution in [1.29, 1.82) is 0 Å². The van der Waals surface area contributed by atoms with E-state index in [1.807, 2.05) is 30.0 Å². The Hall–Kier alpha value is -3.08. The second kappa shape index (κ2) is 9.41. The third-order valence-electron chi connectivity index (χ3n) is 5.18. The van der Waals surface area contributed by atoms with Crippen molar-refractivity contribution in [2.75, 3.05) is 19.7 Å². The number of benzene rings is 2. The zero-order valence-corrected chi connectivity index (χ0v) is 17.1. The van der Waals surface area contributed by atoms with Gasteiger partial charge >= 0.3 is 0 Å². The highest BCUT2D eigenvalue weighted by Gasteiger charge is 2.31. The number of carbonyl (C=O) groups excluding carboxylic acids is 2. The number of ether oxygens (including phenoxy) is 1. The Morgan fingerprint density at radius 2 is 2.00 bits per heavy atom. The lowest BCUT2D eigenvalue weighted by atomic mass is 9.87. The number of rotatable bonds is 7. The fourth-order valence-corrected chi connectivity index (χ4v) is 3.65. The summed E-state index contributed by atoms with van der Waals surface area (Å²) in [5, 5.41) is 2.70. The Balaban J connectivity index is 1.91. The number of hydrogen-bond acceptors (Lipinski definition) is 3. The van der Waals surface area contributed by atoms with Gasteiger partial charge in [0.05, 0.1) is 6.04 Å². The molecule has 1 unspecified atom stereocenters. The van der Waals surface area contributed by atoms with Crippen molar-refractivity contribution in [2.45, 2.75) is 32.7 Å². The molecule has 1 N–H and O–H groups in total. The van der Waals surface area contributed by atoms with Gasteiger partial charge in [-0.05, 0) is 42.2 Å². The molecule has 5 heteroatoms. The number of amides is 2. The van der Waals surface area contributed by atoms with Crippen molar-refractivity contribution in [3.8, 4) is 5.75 Å². The second-order valence-electron chi connectivity index (χ2n) is 7.25. The van der Waals surface area contributed by atoms with E-state index in [1.165, 1.54) is 11.1 Å². The topological polar surface area (TPSA) is 58.6 Å². The van der Waals surface area contributed by atoms with E-state index in [4.69, 9.17) is 4.74 Å². The minimum atomic E-state index is -0.194. The van der Waals surface area contributed by atoms with Crippen LogP contribution >= 0.6 is 0 Å². The molecular weight excluding hydrogens is 364 g/mol. The molecule has 0 aliphatic carbocycles. The van der Waals surface area contributed by atoms with Crippen LogP contribution in [0.2, 0.25) is 0 Å². The molecule has 0 spiro atoms. The molecule has 2 amide bonds. The van der Waals surface area contributed by atoms with Gasteiger partial charge in [-0.1, -0.05) is 48.9 Å². The van der Waals surface area contributed by atoms with Gasteiger partial charge in [-0.15, -0.1) is 6.58 Å². The molecule has 1 heterocycles. The Labute approximate surface area is 172 Å². The molecular formula is C24H28N2O3. The van der Waals surface area contributed by atoms with Gasteiger partial charge < -0.3 is 15.0 Å². The maximum absolute atomic E-state index is 12.7. The van der Waals surface area contributed by atoms with Gasteiger partial charge in [0, 0.05) is 19.5 Å². The fraction of sp³-hybridized carbons (Fsp3) is 0.333. The minimum absolute atomic E-state index is 0.0561. The Morgan fingerprint density at radius 1 is 1.24 bits per heavy atom. The summed E-state index contributed by atoms with van der Waals surface area (Å²) in [5.41, 5.74) is 4.53. The molecule has 0 aromatic heterocycles. The van der Waals surface area contributed by atoms with Crippen LogP contribution in [0.4, 0.5) is 0 Å². The molecule has 2 aromatic rings. The van der Waals surface area contributed by atoms with Gasteiger partial charge in [0.1, 0.15) is 5.75 Å². The van der Waals surface area contributed by atoms with Crippen LogP contribution in [0, 0.1) is 6.92 Å². The van der Waals surface area contributed by atoms with Gasteiger partial charge in [0.2, 0.25) is 5.91 Å². The number of hydrogen-bond donors (Lipinski definition) is 1. The fourth-order valence-electron chi connectivity index (χ4n) is 3.65. The Morgan fingerprint density at radius 3 is 2.69 bits per heavy atom. The molecule has 0 saturated heterocycles. The first-order chi connectivity index (χ1) is 14.0. The first kappa shape index (κ1) is 20.6. The van der Waals surface area contributed by atoms with Gasteiger partial charge in [-0.2, -0.15) is 0 Å². The third kappa shape index (κ3) is 4.86. The number of nitrogens with zero attached hydrogens (tertiary/aromatic N) is 1. The summed E-state index contributed by atoms with van der Waals surface area (Å²) < 4.78 is 5.71. The monoisotopic (exact) mass is 392 g/mol. The quantitative estimate of drug-likeness (QED) is 0.733. The van der Waals surface area contributed by atoms with Crippen LogP contribution in [0.25, 0.3) is 0 Å². The molecule has 0 bridgehead atoms. The molecule has 1 atom stereocenters. The van der Waals surface area contributed by atoms with E-state index in [0.717, 1.165) is 17.5 Å². The van der Waals surface area contributed by atoms with Crippen LogP contribution in [0.5, 0.6) is 5.75 Å². The molecule has 29 heavy (non-hydrogen) atoms. The van der Waals surface area contributed by atoms with Crippen LogP contribution in [0.3, 0.4) is 0 Å². The predicted molar refractivity (Wildman–Crippen MR) is 114 cm³/mol. The molecule has 5 nitrogen and oxygen atoms in total. The minimum Gasteiger partial charge on any atom is -0.484 e. The summed E-state index contributed by atoms with van der Waals surface area (Å²) in [6, 6.07) is 14.1. The normalized spacial score (nSPS) is 15.4. The van der Waals surface area contributed by atoms with Crippen molar-refractivity contribution in [3.05, 3.63) is 77.4 Å². The van der Waals surface area contributed by atoms with Crippen molar-refractivity contribution in [2.24, 2.45) is 0 Å². The summed E-state index contributed by atoms with van der Waals surface area (Å²) in [4.78, 5) is 26.4. The van der Waals surface area contributed by atoms with E-state index in [2.05, 4.69) is 43.1 Å². The summed E-state index contributed by atoms with van der Waals surface area (Å²) in [7, 11) is 0. The maximum atomic E-state index is 12.7. The van der Waals surface area contributed by atoms with Crippen molar-refractivity contribution < 1.29 is 14.3 Å². The van der Waals surface area contributed by atoms with Crippen molar-refractivity contribution in [3.63, 3.8) is 0 Å². The van der Waals surface area contributed by atoms with Crippen molar-refractivity contribution >= 4 is 11.8 Å². The number of carbonyl (C=O) groups is 2. The first-order valence-electron chi connectivity index (χ1n) is 10.0. The molecule has 0 radical (unpaired) electrons. The van der Waals surface area contributed by atoms with Gasteiger partial charge in [-0.3, -0.25) is 9.59 Å². The smallest absolute Gasteiger partial charge is 0.258 e. The predicted octanol–water partition coefficient (Wildman–Crippen LogP) is 3.56. The zero-order valence-electron chi connectivity index (χ0n) is 17.1. The lowest BCUT2D eigenvalue weighted by Crippen LogP contribution is -2.40. The van der Waals surface area contributed by atoms with Crippen LogP contribution in [0.1, 0.15) is 41.6 Å². The summed E-state index contributed by atoms with van der Waals surface area (Å²) >= 11 is 0. The van der Waals surface area contributed by atoms with E-state index in [-0.39, 0.29) is 24.5 Å². The number of fused-ring (bicyclic) bond motifs is 1. The maximum Gasteiger partial charge on any atom is 0.258 e. The summed E-state index contributed by atoms with van der Waals surface area (Å²) in [6.07, 6.45) is 2.91. The van der Waals surface area contributed by atoms with E-state index < -0.39 is 0 Å². The number of aryl methyl sites for hydroxylation is 1. The first-order valence-corrected chi connectivity index (χ1v) is 10.0. The third-order valence-corrected chi connectivity index (χ3v) is 5.18. The molecule has 1 aliphatic rings. The lowest BCUT2D eigenvalue weighted by Gasteiger charge is -2.38. The van der Waals surface area contributed by atoms with Gasteiger partial charge in [0.25, 0.3) is 5.91 Å². The average Bonchev–Trinajstić information content (AvgIpc) is 2.75. The summed E-state index contributed by atoms with van der Waals surface area (Å²) in [6.45, 7) is 8.58. The molecule has 3 rings (SSSR count). The Kier molecular flexibility index (Phi) is 6.70. The van der Waals surface area contributed by atoms with Crippen molar-refractivity contribution in [1.82, 2.24) is 10.2 Å². The summed E-state index contributed by atoms with van der Waals surface area (Å²) in [5.74, 6) is 0.567.